The van der Waals surface area contributed by atoms with E-state index in [-0.39, 0.29) is 11.7 Å². The van der Waals surface area contributed by atoms with Crippen LogP contribution in [0.25, 0.3) is 0 Å². The van der Waals surface area contributed by atoms with E-state index in [1.807, 2.05) is 4.90 Å². The lowest BCUT2D eigenvalue weighted by Gasteiger charge is -2.33. The lowest BCUT2D eigenvalue weighted by atomic mass is 10.0. The van der Waals surface area contributed by atoms with Gasteiger partial charge in [0.1, 0.15) is 6.67 Å². The second-order valence-corrected chi connectivity index (χ2v) is 4.31. The molecule has 0 aromatic heterocycles. The van der Waals surface area contributed by atoms with Crippen molar-refractivity contribution in [3.63, 3.8) is 0 Å². The molecule has 0 spiro atoms. The number of nitro benzene ring substituents is 1. The highest BCUT2D eigenvalue weighted by Crippen LogP contribution is 2.25. The number of piperazine rings is 1. The molecule has 0 amide bonds. The molecule has 0 aliphatic carbocycles. The Bertz CT molecular complexity index is 422. The molecule has 1 fully saturated rings. The van der Waals surface area contributed by atoms with Crippen LogP contribution in [0.4, 0.5) is 10.1 Å². The van der Waals surface area contributed by atoms with Gasteiger partial charge >= 0.3 is 0 Å². The van der Waals surface area contributed by atoms with Gasteiger partial charge in [-0.15, -0.1) is 0 Å². The maximum Gasteiger partial charge on any atom is 0.269 e. The maximum absolute atomic E-state index is 13.2. The van der Waals surface area contributed by atoms with E-state index in [4.69, 9.17) is 0 Å². The molecule has 1 aliphatic rings. The van der Waals surface area contributed by atoms with Crippen molar-refractivity contribution < 1.29 is 9.31 Å². The Labute approximate surface area is 105 Å². The topological polar surface area (TPSA) is 58.4 Å². The average Bonchev–Trinajstić information content (AvgIpc) is 2.41. The Kier molecular flexibility index (Phi) is 4.22. The molecule has 5 nitrogen and oxygen atoms in total. The van der Waals surface area contributed by atoms with Gasteiger partial charge in [-0.1, -0.05) is 12.1 Å². The number of hydrogen-bond acceptors (Lipinski definition) is 4. The van der Waals surface area contributed by atoms with Crippen molar-refractivity contribution in [2.24, 2.45) is 0 Å². The molecule has 6 heteroatoms. The van der Waals surface area contributed by atoms with Crippen molar-refractivity contribution in [2.75, 3.05) is 32.9 Å². The van der Waals surface area contributed by atoms with Gasteiger partial charge in [0.25, 0.3) is 5.69 Å². The number of halogens is 1. The smallest absolute Gasteiger partial charge is 0.269 e. The molecular formula is C12H16FN3O2. The molecule has 1 aromatic rings. The number of nitrogens with one attached hydrogen (secondary N) is 1. The first-order valence-electron chi connectivity index (χ1n) is 5.97. The fourth-order valence-electron chi connectivity index (χ4n) is 2.24. The fraction of sp³-hybridized carbons (Fsp3) is 0.500. The van der Waals surface area contributed by atoms with Gasteiger partial charge in [-0.3, -0.25) is 15.0 Å². The number of nitro groups is 1. The summed E-state index contributed by atoms with van der Waals surface area (Å²) in [4.78, 5) is 12.3. The van der Waals surface area contributed by atoms with E-state index >= 15 is 0 Å². The van der Waals surface area contributed by atoms with Crippen molar-refractivity contribution in [3.05, 3.63) is 39.9 Å². The second kappa shape index (κ2) is 5.88. The Balaban J connectivity index is 2.20. The molecule has 1 atom stereocenters. The number of non-ortho nitro benzene ring substituents is 1. The van der Waals surface area contributed by atoms with Gasteiger partial charge in [0.05, 0.1) is 11.0 Å². The largest absolute Gasteiger partial charge is 0.314 e. The van der Waals surface area contributed by atoms with Gasteiger partial charge < -0.3 is 5.32 Å². The molecule has 1 heterocycles. The molecular weight excluding hydrogens is 237 g/mol. The van der Waals surface area contributed by atoms with E-state index in [1.54, 1.807) is 12.1 Å². The normalized spacial score (nSPS) is 18.5. The zero-order valence-corrected chi connectivity index (χ0v) is 10.0. The van der Waals surface area contributed by atoms with Gasteiger partial charge in [-0.05, 0) is 5.56 Å². The molecule has 1 aromatic carbocycles. The third-order valence-electron chi connectivity index (χ3n) is 3.20. The number of nitrogens with zero attached hydrogens (tertiary/aromatic N) is 2. The minimum atomic E-state index is -0.527. The lowest BCUT2D eigenvalue weighted by molar-refractivity contribution is -0.385. The van der Waals surface area contributed by atoms with E-state index in [2.05, 4.69) is 5.32 Å². The van der Waals surface area contributed by atoms with E-state index in [0.29, 0.717) is 5.56 Å². The fourth-order valence-corrected chi connectivity index (χ4v) is 2.24. The minimum absolute atomic E-state index is 0.0149. The van der Waals surface area contributed by atoms with Crippen LogP contribution in [0, 0.1) is 10.1 Å². The lowest BCUT2D eigenvalue weighted by Crippen LogP contribution is -2.45. The molecule has 0 unspecified atom stereocenters. The van der Waals surface area contributed by atoms with Crippen molar-refractivity contribution in [3.8, 4) is 0 Å². The van der Waals surface area contributed by atoms with Crippen LogP contribution in [0.2, 0.25) is 0 Å². The third kappa shape index (κ3) is 2.83. The third-order valence-corrected chi connectivity index (χ3v) is 3.20. The van der Waals surface area contributed by atoms with E-state index in [1.165, 1.54) is 12.1 Å². The molecule has 0 saturated carbocycles. The van der Waals surface area contributed by atoms with Crippen LogP contribution in [0.1, 0.15) is 11.6 Å². The summed E-state index contributed by atoms with van der Waals surface area (Å²) in [5, 5.41) is 13.9. The zero-order chi connectivity index (χ0) is 13.0. The molecule has 18 heavy (non-hydrogen) atoms. The predicted octanol–water partition coefficient (Wildman–Crippen LogP) is 1.51. The zero-order valence-electron chi connectivity index (χ0n) is 10.0. The monoisotopic (exact) mass is 253 g/mol. The van der Waals surface area contributed by atoms with Crippen LogP contribution in [-0.4, -0.2) is 42.7 Å². The van der Waals surface area contributed by atoms with Crippen LogP contribution < -0.4 is 5.32 Å². The molecule has 1 saturated heterocycles. The molecule has 0 radical (unpaired) electrons. The van der Waals surface area contributed by atoms with Crippen LogP contribution >= 0.6 is 0 Å². The summed E-state index contributed by atoms with van der Waals surface area (Å²) >= 11 is 0. The standard InChI is InChI=1S/C12H16FN3O2/c13-9-12(15-6-4-14-5-7-15)10-2-1-3-11(8-10)16(17)18/h1-3,8,12,14H,4-7,9H2/t12-/m0/s1. The van der Waals surface area contributed by atoms with Crippen LogP contribution in [-0.2, 0) is 0 Å². The first kappa shape index (κ1) is 12.9. The first-order chi connectivity index (χ1) is 8.72. The Morgan fingerprint density at radius 1 is 1.44 bits per heavy atom. The Morgan fingerprint density at radius 2 is 2.17 bits per heavy atom. The molecule has 1 N–H and O–H groups in total. The van der Waals surface area contributed by atoms with Gasteiger partial charge in [0.15, 0.2) is 0 Å². The van der Waals surface area contributed by atoms with Crippen LogP contribution in [0.5, 0.6) is 0 Å². The molecule has 2 rings (SSSR count). The average molecular weight is 253 g/mol. The van der Waals surface area contributed by atoms with E-state index < -0.39 is 11.6 Å². The summed E-state index contributed by atoms with van der Waals surface area (Å²) in [6.45, 7) is 2.65. The highest BCUT2D eigenvalue weighted by molar-refractivity contribution is 5.36. The second-order valence-electron chi connectivity index (χ2n) is 4.31. The highest BCUT2D eigenvalue weighted by atomic mass is 19.1. The highest BCUT2D eigenvalue weighted by Gasteiger charge is 2.23. The first-order valence-corrected chi connectivity index (χ1v) is 5.97. The van der Waals surface area contributed by atoms with Crippen molar-refractivity contribution in [2.45, 2.75) is 6.04 Å². The number of alkyl halides is 1. The maximum atomic E-state index is 13.2. The quantitative estimate of drug-likeness (QED) is 0.652. The summed E-state index contributed by atoms with van der Waals surface area (Å²) in [6, 6.07) is 5.87. The minimum Gasteiger partial charge on any atom is -0.314 e. The van der Waals surface area contributed by atoms with Gasteiger partial charge in [0, 0.05) is 38.3 Å². The summed E-state index contributed by atoms with van der Waals surface area (Å²) in [7, 11) is 0. The Hall–Kier alpha value is -1.53. The summed E-state index contributed by atoms with van der Waals surface area (Å²) in [5.74, 6) is 0. The molecule has 98 valence electrons. The van der Waals surface area contributed by atoms with Gasteiger partial charge in [-0.25, -0.2) is 4.39 Å². The predicted molar refractivity (Wildman–Crippen MR) is 66.3 cm³/mol. The summed E-state index contributed by atoms with van der Waals surface area (Å²) < 4.78 is 13.2. The SMILES string of the molecule is O=[N+]([O-])c1cccc([C@H](CF)N2CCNCC2)c1. The van der Waals surface area contributed by atoms with Crippen LogP contribution in [0.3, 0.4) is 0 Å². The van der Waals surface area contributed by atoms with Gasteiger partial charge in [-0.2, -0.15) is 0 Å². The van der Waals surface area contributed by atoms with E-state index in [9.17, 15) is 14.5 Å². The van der Waals surface area contributed by atoms with Crippen molar-refractivity contribution in [1.82, 2.24) is 10.2 Å². The number of benzene rings is 1. The summed E-state index contributed by atoms with van der Waals surface area (Å²) in [5.41, 5.74) is 0.690. The number of hydrogen-bond donors (Lipinski definition) is 1. The summed E-state index contributed by atoms with van der Waals surface area (Å²) in [6.07, 6.45) is 0. The van der Waals surface area contributed by atoms with E-state index in [0.717, 1.165) is 26.2 Å². The van der Waals surface area contributed by atoms with Crippen LogP contribution in [0.15, 0.2) is 24.3 Å². The Morgan fingerprint density at radius 3 is 2.78 bits per heavy atom. The number of rotatable bonds is 4. The van der Waals surface area contributed by atoms with Crippen molar-refractivity contribution >= 4 is 5.69 Å². The van der Waals surface area contributed by atoms with Crippen molar-refractivity contribution in [1.29, 1.82) is 0 Å². The van der Waals surface area contributed by atoms with Gasteiger partial charge in [0.2, 0.25) is 0 Å². The molecule has 1 aliphatic heterocycles. The molecule has 0 bridgehead atoms.